The van der Waals surface area contributed by atoms with E-state index in [1.165, 1.54) is 0 Å². The first-order chi connectivity index (χ1) is 7.61. The predicted octanol–water partition coefficient (Wildman–Crippen LogP) is 2.56. The van der Waals surface area contributed by atoms with Crippen molar-refractivity contribution in [2.45, 2.75) is 48.0 Å². The van der Waals surface area contributed by atoms with Crippen LogP contribution in [0.4, 0.5) is 0 Å². The van der Waals surface area contributed by atoms with Crippen molar-refractivity contribution in [1.82, 2.24) is 0 Å². The van der Waals surface area contributed by atoms with Gasteiger partial charge in [0, 0.05) is 0 Å². The van der Waals surface area contributed by atoms with Crippen LogP contribution in [0, 0.1) is 10.8 Å². The second-order valence-electron chi connectivity index (χ2n) is 5.74. The maximum Gasteiger partial charge on any atom is 0.311 e. The molecule has 0 aromatic carbocycles. The Kier molecular flexibility index (Phi) is 5.66. The quantitative estimate of drug-likeness (QED) is 0.697. The SMILES string of the molecule is CCOC(=O)C(C)(C)CCOC(=O)C(C)(C)C. The van der Waals surface area contributed by atoms with Crippen molar-refractivity contribution >= 4 is 11.9 Å². The molecule has 17 heavy (non-hydrogen) atoms. The number of carbonyl (C=O) groups excluding carboxylic acids is 2. The van der Waals surface area contributed by atoms with Gasteiger partial charge in [-0.1, -0.05) is 0 Å². The number of hydrogen-bond donors (Lipinski definition) is 0. The van der Waals surface area contributed by atoms with Gasteiger partial charge in [-0.3, -0.25) is 9.59 Å². The smallest absolute Gasteiger partial charge is 0.311 e. The van der Waals surface area contributed by atoms with Gasteiger partial charge >= 0.3 is 11.9 Å². The lowest BCUT2D eigenvalue weighted by Gasteiger charge is -2.23. The van der Waals surface area contributed by atoms with Crippen LogP contribution in [0.5, 0.6) is 0 Å². The van der Waals surface area contributed by atoms with E-state index in [9.17, 15) is 9.59 Å². The molecule has 0 heterocycles. The van der Waals surface area contributed by atoms with E-state index in [0.29, 0.717) is 13.0 Å². The molecule has 0 aliphatic carbocycles. The van der Waals surface area contributed by atoms with Gasteiger partial charge in [0.1, 0.15) is 0 Å². The standard InChI is InChI=1S/C13H24O4/c1-7-16-11(15)13(5,6)8-9-17-10(14)12(2,3)4/h7-9H2,1-6H3. The fraction of sp³-hybridized carbons (Fsp3) is 0.846. The summed E-state index contributed by atoms with van der Waals surface area (Å²) in [6.45, 7) is 11.3. The minimum Gasteiger partial charge on any atom is -0.466 e. The molecule has 100 valence electrons. The van der Waals surface area contributed by atoms with E-state index in [-0.39, 0.29) is 18.5 Å². The molecule has 0 N–H and O–H groups in total. The van der Waals surface area contributed by atoms with Gasteiger partial charge in [0.05, 0.1) is 24.0 Å². The molecular formula is C13H24O4. The number of hydrogen-bond acceptors (Lipinski definition) is 4. The van der Waals surface area contributed by atoms with Gasteiger partial charge in [0.15, 0.2) is 0 Å². The summed E-state index contributed by atoms with van der Waals surface area (Å²) in [6, 6.07) is 0. The Labute approximate surface area is 104 Å². The zero-order chi connectivity index (χ0) is 13.7. The second kappa shape index (κ2) is 6.03. The Balaban J connectivity index is 4.12. The summed E-state index contributed by atoms with van der Waals surface area (Å²) >= 11 is 0. The fourth-order valence-electron chi connectivity index (χ4n) is 1.04. The molecule has 0 amide bonds. The predicted molar refractivity (Wildman–Crippen MR) is 65.4 cm³/mol. The van der Waals surface area contributed by atoms with Crippen LogP contribution in [0.2, 0.25) is 0 Å². The topological polar surface area (TPSA) is 52.6 Å². The Bertz CT molecular complexity index is 274. The minimum atomic E-state index is -0.617. The molecule has 4 nitrogen and oxygen atoms in total. The van der Waals surface area contributed by atoms with Gasteiger partial charge in [0.2, 0.25) is 0 Å². The van der Waals surface area contributed by atoms with Gasteiger partial charge in [-0.25, -0.2) is 0 Å². The van der Waals surface area contributed by atoms with Crippen LogP contribution >= 0.6 is 0 Å². The monoisotopic (exact) mass is 244 g/mol. The molecule has 0 saturated heterocycles. The average Bonchev–Trinajstić information content (AvgIpc) is 2.16. The first-order valence-corrected chi connectivity index (χ1v) is 5.95. The summed E-state index contributed by atoms with van der Waals surface area (Å²) in [5.41, 5.74) is -1.12. The van der Waals surface area contributed by atoms with E-state index >= 15 is 0 Å². The lowest BCUT2D eigenvalue weighted by Crippen LogP contribution is -2.30. The molecule has 0 rings (SSSR count). The highest BCUT2D eigenvalue weighted by molar-refractivity contribution is 5.76. The highest BCUT2D eigenvalue weighted by atomic mass is 16.5. The van der Waals surface area contributed by atoms with Crippen molar-refractivity contribution in [3.05, 3.63) is 0 Å². The van der Waals surface area contributed by atoms with Crippen molar-refractivity contribution in [3.63, 3.8) is 0 Å². The molecule has 0 unspecified atom stereocenters. The van der Waals surface area contributed by atoms with Crippen molar-refractivity contribution < 1.29 is 19.1 Å². The zero-order valence-electron chi connectivity index (χ0n) is 11.8. The van der Waals surface area contributed by atoms with Crippen LogP contribution in [-0.2, 0) is 19.1 Å². The minimum absolute atomic E-state index is 0.238. The van der Waals surface area contributed by atoms with Crippen molar-refractivity contribution in [2.24, 2.45) is 10.8 Å². The second-order valence-corrected chi connectivity index (χ2v) is 5.74. The summed E-state index contributed by atoms with van der Waals surface area (Å²) in [4.78, 5) is 23.1. The van der Waals surface area contributed by atoms with Crippen LogP contribution in [-0.4, -0.2) is 25.2 Å². The maximum absolute atomic E-state index is 11.6. The number of carbonyl (C=O) groups is 2. The number of rotatable bonds is 5. The summed E-state index contributed by atoms with van der Waals surface area (Å²) in [6.07, 6.45) is 0.466. The molecule has 0 aliphatic heterocycles. The zero-order valence-corrected chi connectivity index (χ0v) is 11.8. The highest BCUT2D eigenvalue weighted by Gasteiger charge is 2.30. The molecule has 4 heteroatoms. The van der Waals surface area contributed by atoms with E-state index in [1.807, 2.05) is 0 Å². The van der Waals surface area contributed by atoms with E-state index < -0.39 is 10.8 Å². The van der Waals surface area contributed by atoms with E-state index in [4.69, 9.17) is 9.47 Å². The summed E-state index contributed by atoms with van der Waals surface area (Å²) in [5, 5.41) is 0. The molecule has 0 aromatic rings. The summed E-state index contributed by atoms with van der Waals surface area (Å²) in [5.74, 6) is -0.510. The van der Waals surface area contributed by atoms with E-state index in [1.54, 1.807) is 41.5 Å². The van der Waals surface area contributed by atoms with Crippen LogP contribution < -0.4 is 0 Å². The van der Waals surface area contributed by atoms with Crippen LogP contribution in [0.15, 0.2) is 0 Å². The molecule has 0 aromatic heterocycles. The van der Waals surface area contributed by atoms with Gasteiger partial charge in [-0.05, 0) is 48.0 Å². The third kappa shape index (κ3) is 5.71. The van der Waals surface area contributed by atoms with Crippen molar-refractivity contribution in [2.75, 3.05) is 13.2 Å². The Hall–Kier alpha value is -1.06. The van der Waals surface area contributed by atoms with Crippen molar-refractivity contribution in [1.29, 1.82) is 0 Å². The average molecular weight is 244 g/mol. The fourth-order valence-corrected chi connectivity index (χ4v) is 1.04. The molecule has 0 saturated carbocycles. The summed E-state index contributed by atoms with van der Waals surface area (Å²) in [7, 11) is 0. The third-order valence-electron chi connectivity index (χ3n) is 2.40. The first kappa shape index (κ1) is 15.9. The Morgan fingerprint density at radius 2 is 1.47 bits per heavy atom. The summed E-state index contributed by atoms with van der Waals surface area (Å²) < 4.78 is 10.1. The van der Waals surface area contributed by atoms with E-state index in [2.05, 4.69) is 0 Å². The number of ether oxygens (including phenoxy) is 2. The largest absolute Gasteiger partial charge is 0.466 e. The van der Waals surface area contributed by atoms with Crippen LogP contribution in [0.25, 0.3) is 0 Å². The molecule has 0 atom stereocenters. The molecular weight excluding hydrogens is 220 g/mol. The van der Waals surface area contributed by atoms with Crippen molar-refractivity contribution in [3.8, 4) is 0 Å². The third-order valence-corrected chi connectivity index (χ3v) is 2.40. The van der Waals surface area contributed by atoms with Gasteiger partial charge < -0.3 is 9.47 Å². The molecule has 0 bridgehead atoms. The van der Waals surface area contributed by atoms with Gasteiger partial charge in [0.25, 0.3) is 0 Å². The lowest BCUT2D eigenvalue weighted by atomic mass is 9.90. The Morgan fingerprint density at radius 3 is 1.88 bits per heavy atom. The first-order valence-electron chi connectivity index (χ1n) is 5.95. The van der Waals surface area contributed by atoms with Crippen LogP contribution in [0.1, 0.15) is 48.0 Å². The highest BCUT2D eigenvalue weighted by Crippen LogP contribution is 2.23. The van der Waals surface area contributed by atoms with Gasteiger partial charge in [-0.15, -0.1) is 0 Å². The maximum atomic E-state index is 11.6. The molecule has 0 aliphatic rings. The lowest BCUT2D eigenvalue weighted by molar-refractivity contribution is -0.159. The van der Waals surface area contributed by atoms with E-state index in [0.717, 1.165) is 0 Å². The van der Waals surface area contributed by atoms with Gasteiger partial charge in [-0.2, -0.15) is 0 Å². The van der Waals surface area contributed by atoms with Crippen LogP contribution in [0.3, 0.4) is 0 Å². The molecule has 0 fully saturated rings. The Morgan fingerprint density at radius 1 is 0.941 bits per heavy atom. The number of esters is 2. The molecule has 0 spiro atoms. The normalized spacial score (nSPS) is 12.1. The molecule has 0 radical (unpaired) electrons.